The molecule has 2 aromatic rings. The van der Waals surface area contributed by atoms with Crippen molar-refractivity contribution in [2.75, 3.05) is 36.0 Å². The third-order valence-corrected chi connectivity index (χ3v) is 4.04. The van der Waals surface area contributed by atoms with Crippen LogP contribution in [0, 0.1) is 0 Å². The molecular weight excluding hydrogens is 286 g/mol. The van der Waals surface area contributed by atoms with Crippen molar-refractivity contribution >= 4 is 23.1 Å². The second kappa shape index (κ2) is 6.28. The van der Waals surface area contributed by atoms with Crippen molar-refractivity contribution in [2.24, 2.45) is 5.73 Å². The highest BCUT2D eigenvalue weighted by molar-refractivity contribution is 6.33. The Labute approximate surface area is 129 Å². The molecule has 6 heteroatoms. The zero-order valence-electron chi connectivity index (χ0n) is 11.7. The molecule has 0 saturated carbocycles. The Kier molecular flexibility index (Phi) is 4.22. The minimum absolute atomic E-state index is 0.411. The fraction of sp³-hybridized carbons (Fsp3) is 0.333. The van der Waals surface area contributed by atoms with Crippen LogP contribution in [0.25, 0.3) is 0 Å². The van der Waals surface area contributed by atoms with Crippen LogP contribution in [0.2, 0.25) is 5.02 Å². The molecule has 0 spiro atoms. The van der Waals surface area contributed by atoms with Crippen molar-refractivity contribution in [3.8, 4) is 0 Å². The van der Waals surface area contributed by atoms with Gasteiger partial charge in [-0.2, -0.15) is 0 Å². The van der Waals surface area contributed by atoms with Crippen molar-refractivity contribution < 1.29 is 0 Å². The molecule has 0 amide bonds. The maximum atomic E-state index is 6.26. The molecule has 1 aromatic heterocycles. The minimum atomic E-state index is 0.411. The Bertz CT molecular complexity index is 611. The summed E-state index contributed by atoms with van der Waals surface area (Å²) in [6.07, 6.45) is 3.40. The van der Waals surface area contributed by atoms with Gasteiger partial charge < -0.3 is 15.5 Å². The van der Waals surface area contributed by atoms with E-state index < -0.39 is 0 Å². The highest BCUT2D eigenvalue weighted by Crippen LogP contribution is 2.27. The second-order valence-corrected chi connectivity index (χ2v) is 5.36. The Morgan fingerprint density at radius 3 is 2.38 bits per heavy atom. The summed E-state index contributed by atoms with van der Waals surface area (Å²) in [5, 5.41) is 0.799. The largest absolute Gasteiger partial charge is 0.367 e. The molecule has 110 valence electrons. The van der Waals surface area contributed by atoms with Crippen LogP contribution in [0.5, 0.6) is 0 Å². The van der Waals surface area contributed by atoms with E-state index in [4.69, 9.17) is 17.3 Å². The standard InChI is InChI=1S/C15H18ClN5/c16-12-3-1-2-4-14(12)20-7-9-21(10-8-20)15-13(11-17)18-5-6-19-15/h1-6H,7-11,17H2. The van der Waals surface area contributed by atoms with E-state index in [1.807, 2.05) is 18.2 Å². The SMILES string of the molecule is NCc1nccnc1N1CCN(c2ccccc2Cl)CC1. The van der Waals surface area contributed by atoms with Gasteiger partial charge in [0.2, 0.25) is 0 Å². The zero-order valence-corrected chi connectivity index (χ0v) is 12.5. The summed E-state index contributed by atoms with van der Waals surface area (Å²) >= 11 is 6.26. The van der Waals surface area contributed by atoms with Crippen LogP contribution in [0.15, 0.2) is 36.7 Å². The average molecular weight is 304 g/mol. The van der Waals surface area contributed by atoms with Crippen molar-refractivity contribution in [1.29, 1.82) is 0 Å². The number of benzene rings is 1. The first-order chi connectivity index (χ1) is 10.3. The lowest BCUT2D eigenvalue weighted by molar-refractivity contribution is 0.642. The summed E-state index contributed by atoms with van der Waals surface area (Å²) in [5.74, 6) is 0.902. The Morgan fingerprint density at radius 1 is 1.00 bits per heavy atom. The molecule has 21 heavy (non-hydrogen) atoms. The van der Waals surface area contributed by atoms with E-state index in [9.17, 15) is 0 Å². The summed E-state index contributed by atoms with van der Waals surface area (Å²) in [5.41, 5.74) is 7.68. The summed E-state index contributed by atoms with van der Waals surface area (Å²) in [6.45, 7) is 4.00. The van der Waals surface area contributed by atoms with E-state index in [1.54, 1.807) is 12.4 Å². The number of halogens is 1. The fourth-order valence-electron chi connectivity index (χ4n) is 2.63. The van der Waals surface area contributed by atoms with E-state index in [-0.39, 0.29) is 0 Å². The number of hydrogen-bond acceptors (Lipinski definition) is 5. The molecule has 1 aromatic carbocycles. The minimum Gasteiger partial charge on any atom is -0.367 e. The predicted molar refractivity (Wildman–Crippen MR) is 85.8 cm³/mol. The summed E-state index contributed by atoms with van der Waals surface area (Å²) < 4.78 is 0. The van der Waals surface area contributed by atoms with Crippen molar-refractivity contribution in [1.82, 2.24) is 9.97 Å². The first-order valence-corrected chi connectivity index (χ1v) is 7.42. The van der Waals surface area contributed by atoms with Gasteiger partial charge in [0, 0.05) is 45.1 Å². The van der Waals surface area contributed by atoms with E-state index in [2.05, 4.69) is 25.8 Å². The van der Waals surface area contributed by atoms with Crippen LogP contribution in [0.1, 0.15) is 5.69 Å². The maximum Gasteiger partial charge on any atom is 0.151 e. The molecule has 1 aliphatic heterocycles. The van der Waals surface area contributed by atoms with Crippen molar-refractivity contribution in [2.45, 2.75) is 6.54 Å². The van der Waals surface area contributed by atoms with Crippen LogP contribution in [-0.4, -0.2) is 36.1 Å². The average Bonchev–Trinajstić information content (AvgIpc) is 2.55. The number of nitrogens with two attached hydrogens (primary N) is 1. The van der Waals surface area contributed by atoms with Gasteiger partial charge in [-0.05, 0) is 12.1 Å². The molecule has 5 nitrogen and oxygen atoms in total. The molecule has 0 unspecified atom stereocenters. The Balaban J connectivity index is 1.72. The van der Waals surface area contributed by atoms with Gasteiger partial charge in [0.1, 0.15) is 0 Å². The van der Waals surface area contributed by atoms with Crippen LogP contribution in [0.4, 0.5) is 11.5 Å². The van der Waals surface area contributed by atoms with Gasteiger partial charge in [-0.3, -0.25) is 4.98 Å². The van der Waals surface area contributed by atoms with Crippen LogP contribution >= 0.6 is 11.6 Å². The number of aromatic nitrogens is 2. The molecule has 0 radical (unpaired) electrons. The lowest BCUT2D eigenvalue weighted by atomic mass is 10.2. The topological polar surface area (TPSA) is 58.3 Å². The molecule has 1 saturated heterocycles. The van der Waals surface area contributed by atoms with E-state index >= 15 is 0 Å². The number of hydrogen-bond donors (Lipinski definition) is 1. The van der Waals surface area contributed by atoms with Gasteiger partial charge in [0.05, 0.1) is 16.4 Å². The van der Waals surface area contributed by atoms with Gasteiger partial charge in [0.25, 0.3) is 0 Å². The molecular formula is C15H18ClN5. The van der Waals surface area contributed by atoms with Crippen LogP contribution in [0.3, 0.4) is 0 Å². The number of piperazine rings is 1. The second-order valence-electron chi connectivity index (χ2n) is 4.96. The first kappa shape index (κ1) is 14.1. The third-order valence-electron chi connectivity index (χ3n) is 3.72. The number of para-hydroxylation sites is 1. The van der Waals surface area contributed by atoms with Gasteiger partial charge in [0.15, 0.2) is 5.82 Å². The summed E-state index contributed by atoms with van der Waals surface area (Å²) in [4.78, 5) is 13.3. The van der Waals surface area contributed by atoms with E-state index in [1.165, 1.54) is 0 Å². The highest BCUT2D eigenvalue weighted by atomic mass is 35.5. The van der Waals surface area contributed by atoms with Gasteiger partial charge >= 0.3 is 0 Å². The normalized spacial score (nSPS) is 15.3. The lowest BCUT2D eigenvalue weighted by Crippen LogP contribution is -2.47. The van der Waals surface area contributed by atoms with E-state index in [0.29, 0.717) is 6.54 Å². The first-order valence-electron chi connectivity index (χ1n) is 7.04. The molecule has 0 bridgehead atoms. The summed E-state index contributed by atoms with van der Waals surface area (Å²) in [7, 11) is 0. The monoisotopic (exact) mass is 303 g/mol. The number of rotatable bonds is 3. The van der Waals surface area contributed by atoms with E-state index in [0.717, 1.165) is 48.4 Å². The third kappa shape index (κ3) is 2.94. The predicted octanol–water partition coefficient (Wildman–Crippen LogP) is 1.92. The molecule has 2 heterocycles. The molecule has 0 atom stereocenters. The molecule has 1 aliphatic rings. The van der Waals surface area contributed by atoms with Gasteiger partial charge in [-0.15, -0.1) is 0 Å². The van der Waals surface area contributed by atoms with Crippen molar-refractivity contribution in [3.63, 3.8) is 0 Å². The number of anilines is 2. The highest BCUT2D eigenvalue weighted by Gasteiger charge is 2.21. The zero-order chi connectivity index (χ0) is 14.7. The summed E-state index contributed by atoms with van der Waals surface area (Å²) in [6, 6.07) is 7.96. The van der Waals surface area contributed by atoms with Crippen LogP contribution in [-0.2, 0) is 6.54 Å². The maximum absolute atomic E-state index is 6.26. The van der Waals surface area contributed by atoms with Crippen molar-refractivity contribution in [3.05, 3.63) is 47.4 Å². The molecule has 3 rings (SSSR count). The van der Waals surface area contributed by atoms with Gasteiger partial charge in [-0.25, -0.2) is 4.98 Å². The Hall–Kier alpha value is -1.85. The molecule has 2 N–H and O–H groups in total. The number of nitrogens with zero attached hydrogens (tertiary/aromatic N) is 4. The van der Waals surface area contributed by atoms with Gasteiger partial charge in [-0.1, -0.05) is 23.7 Å². The van der Waals surface area contributed by atoms with Crippen LogP contribution < -0.4 is 15.5 Å². The molecule has 0 aliphatic carbocycles. The smallest absolute Gasteiger partial charge is 0.151 e. The quantitative estimate of drug-likeness (QED) is 0.939. The lowest BCUT2D eigenvalue weighted by Gasteiger charge is -2.37. The fourth-order valence-corrected chi connectivity index (χ4v) is 2.89. The Morgan fingerprint density at radius 2 is 1.67 bits per heavy atom. The molecule has 1 fully saturated rings.